The summed E-state index contributed by atoms with van der Waals surface area (Å²) in [6.45, 7) is 22.4. The molecular formula is C43H64O6Si2. The second kappa shape index (κ2) is 18.9. The van der Waals surface area contributed by atoms with Crippen LogP contribution in [0.15, 0.2) is 121 Å². The predicted octanol–water partition coefficient (Wildman–Crippen LogP) is 8.39. The average Bonchev–Trinajstić information content (AvgIpc) is 3.06. The van der Waals surface area contributed by atoms with E-state index in [1.807, 2.05) is 55.5 Å². The predicted molar refractivity (Wildman–Crippen MR) is 217 cm³/mol. The van der Waals surface area contributed by atoms with Gasteiger partial charge in [0.2, 0.25) is 0 Å². The molecule has 0 amide bonds. The SMILES string of the molecule is CCOC1C=CC[C@H](C=C[C@@](C)(O)[C@H](O)C[C@H](\C=C/C=C\C=C\CO[Si](c2ccccc2)(c2ccccc2)C(C)(C)C)O[Si](C)(C)C(C)(C)C)O1. The molecule has 2 N–H and O–H groups in total. The lowest BCUT2D eigenvalue weighted by Crippen LogP contribution is -2.66. The minimum atomic E-state index is -2.60. The second-order valence-corrected chi connectivity index (χ2v) is 25.1. The van der Waals surface area contributed by atoms with Crippen LogP contribution in [0.4, 0.5) is 0 Å². The van der Waals surface area contributed by atoms with Crippen molar-refractivity contribution in [2.75, 3.05) is 13.2 Å². The Morgan fingerprint density at radius 3 is 2.00 bits per heavy atom. The van der Waals surface area contributed by atoms with Crippen LogP contribution in [0.5, 0.6) is 0 Å². The van der Waals surface area contributed by atoms with E-state index in [4.69, 9.17) is 18.3 Å². The number of benzene rings is 2. The van der Waals surface area contributed by atoms with Crippen molar-refractivity contribution in [1.82, 2.24) is 0 Å². The van der Waals surface area contributed by atoms with Crippen LogP contribution in [-0.4, -0.2) is 70.3 Å². The summed E-state index contributed by atoms with van der Waals surface area (Å²) in [5.41, 5.74) is -1.47. The maximum absolute atomic E-state index is 11.3. The third kappa shape index (κ3) is 12.2. The number of hydrogen-bond donors (Lipinski definition) is 2. The first kappa shape index (κ1) is 42.7. The van der Waals surface area contributed by atoms with Crippen LogP contribution in [0, 0.1) is 0 Å². The van der Waals surface area contributed by atoms with Crippen LogP contribution in [-0.2, 0) is 18.3 Å². The third-order valence-electron chi connectivity index (χ3n) is 9.94. The van der Waals surface area contributed by atoms with Crippen LogP contribution < -0.4 is 10.4 Å². The molecule has 0 aliphatic carbocycles. The first-order chi connectivity index (χ1) is 23.9. The largest absolute Gasteiger partial charge is 0.410 e. The Morgan fingerprint density at radius 1 is 0.863 bits per heavy atom. The smallest absolute Gasteiger partial charge is 0.261 e. The van der Waals surface area contributed by atoms with E-state index in [9.17, 15) is 10.2 Å². The van der Waals surface area contributed by atoms with E-state index in [0.29, 0.717) is 19.6 Å². The van der Waals surface area contributed by atoms with Gasteiger partial charge in [0, 0.05) is 13.0 Å². The summed E-state index contributed by atoms with van der Waals surface area (Å²) in [7, 11) is -4.78. The monoisotopic (exact) mass is 732 g/mol. The van der Waals surface area contributed by atoms with Crippen LogP contribution in [0.2, 0.25) is 23.2 Å². The van der Waals surface area contributed by atoms with Gasteiger partial charge in [-0.2, -0.15) is 0 Å². The van der Waals surface area contributed by atoms with Crippen molar-refractivity contribution in [3.63, 3.8) is 0 Å². The van der Waals surface area contributed by atoms with E-state index < -0.39 is 34.6 Å². The lowest BCUT2D eigenvalue weighted by molar-refractivity contribution is -0.132. The molecule has 1 unspecified atom stereocenters. The average molecular weight is 733 g/mol. The highest BCUT2D eigenvalue weighted by Crippen LogP contribution is 2.39. The van der Waals surface area contributed by atoms with Gasteiger partial charge in [-0.1, -0.05) is 157 Å². The van der Waals surface area contributed by atoms with Gasteiger partial charge in [-0.15, -0.1) is 0 Å². The van der Waals surface area contributed by atoms with Crippen LogP contribution in [0.3, 0.4) is 0 Å². The summed E-state index contributed by atoms with van der Waals surface area (Å²) in [6, 6.07) is 21.3. The zero-order valence-corrected chi connectivity index (χ0v) is 34.7. The number of hydrogen-bond acceptors (Lipinski definition) is 6. The molecule has 0 bridgehead atoms. The summed E-state index contributed by atoms with van der Waals surface area (Å²) in [6.07, 6.45) is 18.1. The van der Waals surface area contributed by atoms with Crippen molar-refractivity contribution >= 4 is 27.0 Å². The molecule has 2 aromatic carbocycles. The number of allylic oxidation sites excluding steroid dienone is 4. The first-order valence-electron chi connectivity index (χ1n) is 18.4. The fourth-order valence-electron chi connectivity index (χ4n) is 5.96. The molecule has 2 aromatic rings. The fourth-order valence-corrected chi connectivity index (χ4v) is 11.7. The van der Waals surface area contributed by atoms with Crippen molar-refractivity contribution in [3.05, 3.63) is 121 Å². The summed E-state index contributed by atoms with van der Waals surface area (Å²) in [4.78, 5) is 0. The molecule has 1 aliphatic heterocycles. The fraction of sp³-hybridized carbons (Fsp3) is 0.488. The Balaban J connectivity index is 1.72. The Kier molecular flexibility index (Phi) is 15.8. The minimum absolute atomic E-state index is 0.0148. The number of rotatable bonds is 17. The van der Waals surface area contributed by atoms with Gasteiger partial charge in [0.05, 0.1) is 24.9 Å². The summed E-state index contributed by atoms with van der Waals surface area (Å²) in [5.74, 6) is 0. The van der Waals surface area contributed by atoms with Gasteiger partial charge in [0.1, 0.15) is 5.60 Å². The maximum Gasteiger partial charge on any atom is 0.261 e. The number of aliphatic hydroxyl groups excluding tert-OH is 1. The van der Waals surface area contributed by atoms with Gasteiger partial charge in [-0.25, -0.2) is 0 Å². The second-order valence-electron chi connectivity index (χ2n) is 16.1. The van der Waals surface area contributed by atoms with Crippen molar-refractivity contribution in [1.29, 1.82) is 0 Å². The quantitative estimate of drug-likeness (QED) is 0.0967. The van der Waals surface area contributed by atoms with Gasteiger partial charge in [-0.3, -0.25) is 0 Å². The van der Waals surface area contributed by atoms with Gasteiger partial charge >= 0.3 is 0 Å². The van der Waals surface area contributed by atoms with Crippen LogP contribution in [0.25, 0.3) is 0 Å². The van der Waals surface area contributed by atoms with E-state index in [1.54, 1.807) is 13.0 Å². The van der Waals surface area contributed by atoms with Crippen molar-refractivity contribution < 1.29 is 28.5 Å². The summed E-state index contributed by atoms with van der Waals surface area (Å²) >= 11 is 0. The molecule has 0 saturated heterocycles. The maximum atomic E-state index is 11.3. The lowest BCUT2D eigenvalue weighted by Gasteiger charge is -2.42. The summed E-state index contributed by atoms with van der Waals surface area (Å²) < 4.78 is 25.2. The molecule has 51 heavy (non-hydrogen) atoms. The number of aliphatic hydroxyl groups is 2. The van der Waals surface area contributed by atoms with Crippen molar-refractivity contribution in [2.24, 2.45) is 0 Å². The molecule has 1 heterocycles. The van der Waals surface area contributed by atoms with Crippen molar-refractivity contribution in [3.8, 4) is 0 Å². The Morgan fingerprint density at radius 2 is 1.45 bits per heavy atom. The first-order valence-corrected chi connectivity index (χ1v) is 23.2. The highest BCUT2D eigenvalue weighted by Gasteiger charge is 2.50. The molecule has 8 heteroatoms. The molecule has 0 spiro atoms. The molecule has 5 atom stereocenters. The molecule has 0 fully saturated rings. The zero-order chi connectivity index (χ0) is 37.8. The van der Waals surface area contributed by atoms with Gasteiger partial charge < -0.3 is 28.5 Å². The lowest BCUT2D eigenvalue weighted by atomic mass is 9.93. The van der Waals surface area contributed by atoms with Gasteiger partial charge in [0.25, 0.3) is 8.32 Å². The van der Waals surface area contributed by atoms with Gasteiger partial charge in [0.15, 0.2) is 14.6 Å². The standard InChI is InChI=1S/C43H64O6Si2/c1-11-46-40-30-23-25-35(48-40)31-32-43(8,45)39(44)34-36(49-50(9,10)41(2,3)4)24-17-13-12-14-22-33-47-51(42(5,6)7,37-26-18-15-19-27-37)38-28-20-16-21-29-38/h12-24,26-32,35-36,39-40,44-45H,11,25,33-34H2,1-10H3/b13-12-,22-14+,24-17-,32-31?/t35-,36+,39-,40?,43-/m1/s1. The molecule has 6 nitrogen and oxygen atoms in total. The van der Waals surface area contributed by atoms with Gasteiger partial charge in [-0.05, 0) is 59.9 Å². The molecule has 0 saturated carbocycles. The van der Waals surface area contributed by atoms with E-state index in [2.05, 4.69) is 121 Å². The normalized spacial score (nSPS) is 20.5. The molecule has 3 rings (SSSR count). The summed E-state index contributed by atoms with van der Waals surface area (Å²) in [5, 5.41) is 25.0. The zero-order valence-electron chi connectivity index (χ0n) is 32.7. The highest BCUT2D eigenvalue weighted by atomic mass is 28.4. The van der Waals surface area contributed by atoms with E-state index in [1.165, 1.54) is 10.4 Å². The number of ether oxygens (including phenoxy) is 2. The van der Waals surface area contributed by atoms with E-state index in [0.717, 1.165) is 0 Å². The van der Waals surface area contributed by atoms with Crippen molar-refractivity contribution in [2.45, 2.75) is 122 Å². The molecule has 1 aliphatic rings. The van der Waals surface area contributed by atoms with E-state index >= 15 is 0 Å². The molecule has 0 aromatic heterocycles. The minimum Gasteiger partial charge on any atom is -0.410 e. The third-order valence-corrected chi connectivity index (χ3v) is 19.4. The van der Waals surface area contributed by atoms with Crippen LogP contribution in [0.1, 0.15) is 68.2 Å². The van der Waals surface area contributed by atoms with E-state index in [-0.39, 0.29) is 28.7 Å². The Labute approximate surface area is 310 Å². The molecular weight excluding hydrogens is 669 g/mol. The molecule has 0 radical (unpaired) electrons. The molecule has 280 valence electrons. The Hall–Kier alpha value is -2.67. The topological polar surface area (TPSA) is 77.4 Å². The highest BCUT2D eigenvalue weighted by molar-refractivity contribution is 6.99. The van der Waals surface area contributed by atoms with Crippen LogP contribution >= 0.6 is 0 Å². The Bertz CT molecular complexity index is 1430.